The monoisotopic (exact) mass is 172 g/mol. The van der Waals surface area contributed by atoms with E-state index in [1.807, 2.05) is 6.92 Å². The van der Waals surface area contributed by atoms with Gasteiger partial charge in [0, 0.05) is 0 Å². The number of hydrogen-bond donors (Lipinski definition) is 0. The van der Waals surface area contributed by atoms with Crippen molar-refractivity contribution in [3.63, 3.8) is 0 Å². The molecule has 0 aliphatic rings. The van der Waals surface area contributed by atoms with Gasteiger partial charge in [0.05, 0.1) is 13.2 Å². The Bertz CT molecular complexity index is 132. The van der Waals surface area contributed by atoms with Gasteiger partial charge in [0.25, 0.3) is 0 Å². The molecule has 0 rings (SSSR count). The zero-order valence-electron chi connectivity index (χ0n) is 7.54. The topological polar surface area (TPSA) is 35.5 Å². The molecule has 0 aromatic heterocycles. The minimum atomic E-state index is -0.569. The molecule has 3 nitrogen and oxygen atoms in total. The van der Waals surface area contributed by atoms with Crippen LogP contribution in [0, 0.1) is 0 Å². The van der Waals surface area contributed by atoms with Gasteiger partial charge in [-0.05, 0) is 19.3 Å². The normalized spacial score (nSPS) is 9.08. The Kier molecular flexibility index (Phi) is 7.44. The summed E-state index contributed by atoms with van der Waals surface area (Å²) in [6, 6.07) is 0. The van der Waals surface area contributed by atoms with Crippen LogP contribution in [0.3, 0.4) is 0 Å². The highest BCUT2D eigenvalue weighted by molar-refractivity contribution is 5.59. The second-order valence-corrected chi connectivity index (χ2v) is 2.38. The standard InChI is InChI=1S/C9H16O3/c1-3-5-6-8-12-9(10)11-7-4-2/h3H,1,4-8H2,2H3. The SMILES string of the molecule is C=CCCCOC(=O)OCCC. The van der Waals surface area contributed by atoms with Crippen LogP contribution in [-0.2, 0) is 9.47 Å². The summed E-state index contributed by atoms with van der Waals surface area (Å²) in [5, 5.41) is 0. The van der Waals surface area contributed by atoms with Gasteiger partial charge >= 0.3 is 6.16 Å². The van der Waals surface area contributed by atoms with Crippen molar-refractivity contribution in [2.75, 3.05) is 13.2 Å². The molecule has 70 valence electrons. The summed E-state index contributed by atoms with van der Waals surface area (Å²) in [5.74, 6) is 0. The van der Waals surface area contributed by atoms with Crippen LogP contribution in [0.4, 0.5) is 4.79 Å². The quantitative estimate of drug-likeness (QED) is 0.351. The Morgan fingerprint density at radius 3 is 2.67 bits per heavy atom. The number of hydrogen-bond acceptors (Lipinski definition) is 3. The lowest BCUT2D eigenvalue weighted by Gasteiger charge is -2.03. The molecule has 0 aromatic rings. The lowest BCUT2D eigenvalue weighted by molar-refractivity contribution is 0.0548. The fraction of sp³-hybridized carbons (Fsp3) is 0.667. The number of ether oxygens (including phenoxy) is 2. The first-order valence-corrected chi connectivity index (χ1v) is 4.21. The van der Waals surface area contributed by atoms with Gasteiger partial charge in [0.15, 0.2) is 0 Å². The second-order valence-electron chi connectivity index (χ2n) is 2.38. The zero-order valence-corrected chi connectivity index (χ0v) is 7.54. The van der Waals surface area contributed by atoms with Crippen molar-refractivity contribution >= 4 is 6.16 Å². The van der Waals surface area contributed by atoms with Gasteiger partial charge < -0.3 is 9.47 Å². The van der Waals surface area contributed by atoms with Gasteiger partial charge in [-0.25, -0.2) is 4.79 Å². The molecule has 0 heterocycles. The number of carbonyl (C=O) groups excluding carboxylic acids is 1. The maximum Gasteiger partial charge on any atom is 0.508 e. The van der Waals surface area contributed by atoms with Gasteiger partial charge in [-0.2, -0.15) is 0 Å². The molecule has 0 aliphatic heterocycles. The first-order valence-electron chi connectivity index (χ1n) is 4.21. The predicted octanol–water partition coefficient (Wildman–Crippen LogP) is 2.52. The van der Waals surface area contributed by atoms with Crippen LogP contribution < -0.4 is 0 Å². The fourth-order valence-electron chi connectivity index (χ4n) is 0.610. The maximum absolute atomic E-state index is 10.7. The van der Waals surface area contributed by atoms with Crippen molar-refractivity contribution in [3.8, 4) is 0 Å². The smallest absolute Gasteiger partial charge is 0.434 e. The largest absolute Gasteiger partial charge is 0.508 e. The minimum absolute atomic E-state index is 0.411. The van der Waals surface area contributed by atoms with Crippen LogP contribution in [-0.4, -0.2) is 19.4 Å². The van der Waals surface area contributed by atoms with Gasteiger partial charge in [-0.1, -0.05) is 13.0 Å². The Balaban J connectivity index is 3.13. The Hall–Kier alpha value is -0.990. The molecule has 0 saturated heterocycles. The van der Waals surface area contributed by atoms with Crippen LogP contribution in [0.15, 0.2) is 12.7 Å². The average Bonchev–Trinajstić information content (AvgIpc) is 2.09. The van der Waals surface area contributed by atoms with E-state index in [1.54, 1.807) is 6.08 Å². The van der Waals surface area contributed by atoms with Crippen molar-refractivity contribution in [2.24, 2.45) is 0 Å². The first-order chi connectivity index (χ1) is 5.81. The summed E-state index contributed by atoms with van der Waals surface area (Å²) in [6.45, 7) is 6.33. The summed E-state index contributed by atoms with van der Waals surface area (Å²) in [7, 11) is 0. The molecule has 0 saturated carbocycles. The fourth-order valence-corrected chi connectivity index (χ4v) is 0.610. The first kappa shape index (κ1) is 11.0. The Labute approximate surface area is 73.4 Å². The van der Waals surface area contributed by atoms with Gasteiger partial charge in [0.1, 0.15) is 0 Å². The lowest BCUT2D eigenvalue weighted by Crippen LogP contribution is -2.08. The highest BCUT2D eigenvalue weighted by Gasteiger charge is 2.00. The summed E-state index contributed by atoms with van der Waals surface area (Å²) < 4.78 is 9.42. The van der Waals surface area contributed by atoms with E-state index in [0.717, 1.165) is 19.3 Å². The molecule has 0 unspecified atom stereocenters. The van der Waals surface area contributed by atoms with E-state index in [1.165, 1.54) is 0 Å². The third-order valence-corrected chi connectivity index (χ3v) is 1.20. The lowest BCUT2D eigenvalue weighted by atomic mass is 10.3. The highest BCUT2D eigenvalue weighted by Crippen LogP contribution is 1.93. The van der Waals surface area contributed by atoms with Gasteiger partial charge in [-0.15, -0.1) is 6.58 Å². The molecule has 0 aromatic carbocycles. The van der Waals surface area contributed by atoms with Crippen molar-refractivity contribution in [3.05, 3.63) is 12.7 Å². The van der Waals surface area contributed by atoms with Crippen molar-refractivity contribution in [2.45, 2.75) is 26.2 Å². The van der Waals surface area contributed by atoms with Crippen LogP contribution in [0.1, 0.15) is 26.2 Å². The third kappa shape index (κ3) is 7.12. The van der Waals surface area contributed by atoms with Crippen LogP contribution in [0.2, 0.25) is 0 Å². The molecule has 0 aliphatic carbocycles. The molecule has 0 N–H and O–H groups in total. The van der Waals surface area contributed by atoms with E-state index in [4.69, 9.17) is 4.74 Å². The molecular weight excluding hydrogens is 156 g/mol. The summed E-state index contributed by atoms with van der Waals surface area (Å²) >= 11 is 0. The van der Waals surface area contributed by atoms with E-state index in [0.29, 0.717) is 13.2 Å². The maximum atomic E-state index is 10.7. The van der Waals surface area contributed by atoms with E-state index >= 15 is 0 Å². The molecule has 0 radical (unpaired) electrons. The van der Waals surface area contributed by atoms with E-state index < -0.39 is 6.16 Å². The minimum Gasteiger partial charge on any atom is -0.434 e. The Morgan fingerprint density at radius 2 is 2.08 bits per heavy atom. The van der Waals surface area contributed by atoms with Crippen molar-refractivity contribution in [1.82, 2.24) is 0 Å². The molecule has 0 amide bonds. The second kappa shape index (κ2) is 8.11. The zero-order chi connectivity index (χ0) is 9.23. The van der Waals surface area contributed by atoms with Crippen LogP contribution in [0.25, 0.3) is 0 Å². The van der Waals surface area contributed by atoms with Crippen molar-refractivity contribution in [1.29, 1.82) is 0 Å². The average molecular weight is 172 g/mol. The van der Waals surface area contributed by atoms with E-state index in [2.05, 4.69) is 11.3 Å². The van der Waals surface area contributed by atoms with Gasteiger partial charge in [0.2, 0.25) is 0 Å². The molecular formula is C9H16O3. The molecule has 0 fully saturated rings. The summed E-state index contributed by atoms with van der Waals surface area (Å²) in [5.41, 5.74) is 0. The molecule has 0 bridgehead atoms. The highest BCUT2D eigenvalue weighted by atomic mass is 16.7. The van der Waals surface area contributed by atoms with Crippen molar-refractivity contribution < 1.29 is 14.3 Å². The molecule has 3 heteroatoms. The number of allylic oxidation sites excluding steroid dienone is 1. The number of carbonyl (C=O) groups is 1. The molecule has 0 spiro atoms. The number of unbranched alkanes of at least 4 members (excludes halogenated alkanes) is 1. The predicted molar refractivity (Wildman–Crippen MR) is 47.0 cm³/mol. The van der Waals surface area contributed by atoms with Crippen LogP contribution >= 0.6 is 0 Å². The molecule has 0 atom stereocenters. The van der Waals surface area contributed by atoms with Gasteiger partial charge in [-0.3, -0.25) is 0 Å². The van der Waals surface area contributed by atoms with Crippen LogP contribution in [0.5, 0.6) is 0 Å². The summed E-state index contributed by atoms with van der Waals surface area (Å²) in [4.78, 5) is 10.7. The number of rotatable bonds is 6. The summed E-state index contributed by atoms with van der Waals surface area (Å²) in [6.07, 6.45) is 3.72. The van der Waals surface area contributed by atoms with E-state index in [9.17, 15) is 4.79 Å². The Morgan fingerprint density at radius 1 is 1.42 bits per heavy atom. The molecule has 12 heavy (non-hydrogen) atoms. The third-order valence-electron chi connectivity index (χ3n) is 1.20. The van der Waals surface area contributed by atoms with E-state index in [-0.39, 0.29) is 0 Å².